The zero-order valence-corrected chi connectivity index (χ0v) is 12.7. The number of halogens is 2. The molecular weight excluding hydrogens is 303 g/mol. The van der Waals surface area contributed by atoms with Crippen LogP contribution >= 0.6 is 34.5 Å². The van der Waals surface area contributed by atoms with E-state index in [1.54, 1.807) is 12.1 Å². The first-order chi connectivity index (χ1) is 8.90. The predicted molar refractivity (Wildman–Crippen MR) is 82.6 cm³/mol. The molecule has 100 valence electrons. The molecule has 1 aromatic carbocycles. The van der Waals surface area contributed by atoms with Gasteiger partial charge in [-0.1, -0.05) is 23.2 Å². The third-order valence-corrected chi connectivity index (χ3v) is 4.72. The zero-order valence-electron chi connectivity index (χ0n) is 10.4. The SMILES string of the molecule is Cc1cc(N)c(Cl)cc1NC(=O)c1scc(C)c1Cl. The molecule has 0 fully saturated rings. The number of nitrogen functional groups attached to an aromatic ring is 1. The van der Waals surface area contributed by atoms with Gasteiger partial charge in [0.15, 0.2) is 0 Å². The summed E-state index contributed by atoms with van der Waals surface area (Å²) in [7, 11) is 0. The van der Waals surface area contributed by atoms with E-state index in [0.717, 1.165) is 11.1 Å². The number of hydrogen-bond donors (Lipinski definition) is 2. The molecule has 0 atom stereocenters. The van der Waals surface area contributed by atoms with E-state index in [4.69, 9.17) is 28.9 Å². The van der Waals surface area contributed by atoms with Crippen LogP contribution in [-0.2, 0) is 0 Å². The van der Waals surface area contributed by atoms with E-state index in [9.17, 15) is 4.79 Å². The van der Waals surface area contributed by atoms with Gasteiger partial charge < -0.3 is 11.1 Å². The van der Waals surface area contributed by atoms with Gasteiger partial charge in [-0.2, -0.15) is 0 Å². The minimum atomic E-state index is -0.243. The van der Waals surface area contributed by atoms with Gasteiger partial charge in [0.05, 0.1) is 15.7 Å². The van der Waals surface area contributed by atoms with Crippen LogP contribution in [0, 0.1) is 13.8 Å². The van der Waals surface area contributed by atoms with Gasteiger partial charge in [-0.25, -0.2) is 0 Å². The Hall–Kier alpha value is -1.23. The van der Waals surface area contributed by atoms with Gasteiger partial charge in [-0.05, 0) is 42.5 Å². The van der Waals surface area contributed by atoms with Crippen LogP contribution in [-0.4, -0.2) is 5.91 Å². The predicted octanol–water partition coefficient (Wildman–Crippen LogP) is 4.51. The number of nitrogens with one attached hydrogen (secondary N) is 1. The molecule has 0 unspecified atom stereocenters. The summed E-state index contributed by atoms with van der Waals surface area (Å²) in [4.78, 5) is 12.6. The molecule has 0 radical (unpaired) electrons. The topological polar surface area (TPSA) is 55.1 Å². The highest BCUT2D eigenvalue weighted by molar-refractivity contribution is 7.13. The lowest BCUT2D eigenvalue weighted by atomic mass is 10.1. The molecule has 0 saturated carbocycles. The summed E-state index contributed by atoms with van der Waals surface area (Å²) >= 11 is 13.3. The van der Waals surface area contributed by atoms with Crippen LogP contribution in [0.2, 0.25) is 10.0 Å². The van der Waals surface area contributed by atoms with Crippen molar-refractivity contribution in [3.05, 3.63) is 43.6 Å². The maximum Gasteiger partial charge on any atom is 0.267 e. The number of carbonyl (C=O) groups is 1. The normalized spacial score (nSPS) is 10.5. The van der Waals surface area contributed by atoms with E-state index in [1.807, 2.05) is 19.2 Å². The maximum absolute atomic E-state index is 12.1. The lowest BCUT2D eigenvalue weighted by Crippen LogP contribution is -2.12. The average molecular weight is 315 g/mol. The average Bonchev–Trinajstić information content (AvgIpc) is 2.67. The van der Waals surface area contributed by atoms with Crippen molar-refractivity contribution < 1.29 is 4.79 Å². The van der Waals surface area contributed by atoms with Crippen molar-refractivity contribution in [3.8, 4) is 0 Å². The van der Waals surface area contributed by atoms with Crippen LogP contribution in [0.15, 0.2) is 17.5 Å². The number of rotatable bonds is 2. The van der Waals surface area contributed by atoms with Gasteiger partial charge in [0.2, 0.25) is 0 Å². The number of thiophene rings is 1. The number of hydrogen-bond acceptors (Lipinski definition) is 3. The molecule has 0 saturated heterocycles. The number of carbonyl (C=O) groups excluding carboxylic acids is 1. The molecule has 0 aliphatic rings. The first-order valence-electron chi connectivity index (χ1n) is 5.50. The molecule has 1 amide bonds. The smallest absolute Gasteiger partial charge is 0.267 e. The molecule has 3 N–H and O–H groups in total. The summed E-state index contributed by atoms with van der Waals surface area (Å²) in [5, 5.41) is 5.54. The van der Waals surface area contributed by atoms with E-state index in [2.05, 4.69) is 5.32 Å². The van der Waals surface area contributed by atoms with E-state index < -0.39 is 0 Å². The number of nitrogens with two attached hydrogens (primary N) is 1. The quantitative estimate of drug-likeness (QED) is 0.801. The van der Waals surface area contributed by atoms with Crippen LogP contribution < -0.4 is 11.1 Å². The molecule has 1 aromatic heterocycles. The van der Waals surface area contributed by atoms with Gasteiger partial charge >= 0.3 is 0 Å². The number of amides is 1. The summed E-state index contributed by atoms with van der Waals surface area (Å²) in [5.74, 6) is -0.243. The standard InChI is InChI=1S/C13H12Cl2N2OS/c1-6-3-9(16)8(14)4-10(6)17-13(18)12-11(15)7(2)5-19-12/h3-5H,16H2,1-2H3,(H,17,18). The zero-order chi connectivity index (χ0) is 14.2. The Labute approximate surface area is 125 Å². The highest BCUT2D eigenvalue weighted by atomic mass is 35.5. The second-order valence-electron chi connectivity index (χ2n) is 4.20. The molecule has 1 heterocycles. The second kappa shape index (κ2) is 5.41. The Balaban J connectivity index is 2.29. The molecular formula is C13H12Cl2N2OS. The monoisotopic (exact) mass is 314 g/mol. The van der Waals surface area contributed by atoms with E-state index in [1.165, 1.54) is 11.3 Å². The van der Waals surface area contributed by atoms with Crippen LogP contribution in [0.25, 0.3) is 0 Å². The largest absolute Gasteiger partial charge is 0.398 e. The fourth-order valence-electron chi connectivity index (χ4n) is 1.60. The van der Waals surface area contributed by atoms with Crippen LogP contribution in [0.4, 0.5) is 11.4 Å². The Morgan fingerprint density at radius 2 is 1.95 bits per heavy atom. The molecule has 19 heavy (non-hydrogen) atoms. The molecule has 0 bridgehead atoms. The summed E-state index contributed by atoms with van der Waals surface area (Å²) in [6.45, 7) is 3.71. The van der Waals surface area contributed by atoms with Crippen LogP contribution in [0.5, 0.6) is 0 Å². The molecule has 2 aromatic rings. The number of aryl methyl sites for hydroxylation is 2. The molecule has 3 nitrogen and oxygen atoms in total. The highest BCUT2D eigenvalue weighted by Gasteiger charge is 2.16. The van der Waals surface area contributed by atoms with Gasteiger partial charge in [0.25, 0.3) is 5.91 Å². The number of benzene rings is 1. The molecule has 0 spiro atoms. The molecule has 0 aliphatic heterocycles. The third kappa shape index (κ3) is 2.86. The molecule has 2 rings (SSSR count). The fraction of sp³-hybridized carbons (Fsp3) is 0.154. The Morgan fingerprint density at radius 1 is 1.26 bits per heavy atom. The second-order valence-corrected chi connectivity index (χ2v) is 5.87. The Kier molecular flexibility index (Phi) is 4.04. The van der Waals surface area contributed by atoms with Gasteiger partial charge in [-0.15, -0.1) is 11.3 Å². The van der Waals surface area contributed by atoms with Crippen molar-refractivity contribution in [1.82, 2.24) is 0 Å². The minimum Gasteiger partial charge on any atom is -0.398 e. The first-order valence-corrected chi connectivity index (χ1v) is 7.14. The van der Waals surface area contributed by atoms with Crippen LogP contribution in [0.3, 0.4) is 0 Å². The molecule has 0 aliphatic carbocycles. The number of anilines is 2. The van der Waals surface area contributed by atoms with E-state index in [-0.39, 0.29) is 5.91 Å². The Morgan fingerprint density at radius 3 is 2.53 bits per heavy atom. The minimum absolute atomic E-state index is 0.243. The van der Waals surface area contributed by atoms with Crippen molar-refractivity contribution in [2.45, 2.75) is 13.8 Å². The van der Waals surface area contributed by atoms with Crippen molar-refractivity contribution in [1.29, 1.82) is 0 Å². The maximum atomic E-state index is 12.1. The first kappa shape index (κ1) is 14.2. The lowest BCUT2D eigenvalue weighted by molar-refractivity contribution is 0.103. The van der Waals surface area contributed by atoms with Crippen molar-refractivity contribution >= 4 is 51.8 Å². The summed E-state index contributed by atoms with van der Waals surface area (Å²) < 4.78 is 0. The van der Waals surface area contributed by atoms with Crippen LogP contribution in [0.1, 0.15) is 20.8 Å². The third-order valence-electron chi connectivity index (χ3n) is 2.70. The van der Waals surface area contributed by atoms with Gasteiger partial charge in [0, 0.05) is 5.69 Å². The van der Waals surface area contributed by atoms with Crippen molar-refractivity contribution in [2.24, 2.45) is 0 Å². The highest BCUT2D eigenvalue weighted by Crippen LogP contribution is 2.30. The van der Waals surface area contributed by atoms with Crippen molar-refractivity contribution in [3.63, 3.8) is 0 Å². The Bertz CT molecular complexity index is 652. The summed E-state index contributed by atoms with van der Waals surface area (Å²) in [6, 6.07) is 3.36. The summed E-state index contributed by atoms with van der Waals surface area (Å²) in [6.07, 6.45) is 0. The van der Waals surface area contributed by atoms with Gasteiger partial charge in [-0.3, -0.25) is 4.79 Å². The fourth-order valence-corrected chi connectivity index (χ4v) is 2.94. The van der Waals surface area contributed by atoms with Gasteiger partial charge in [0.1, 0.15) is 4.88 Å². The summed E-state index contributed by atoms with van der Waals surface area (Å²) in [5.41, 5.74) is 8.55. The lowest BCUT2D eigenvalue weighted by Gasteiger charge is -2.10. The molecule has 6 heteroatoms. The van der Waals surface area contributed by atoms with E-state index in [0.29, 0.717) is 26.3 Å². The van der Waals surface area contributed by atoms with E-state index >= 15 is 0 Å². The van der Waals surface area contributed by atoms with Crippen molar-refractivity contribution in [2.75, 3.05) is 11.1 Å².